The molecule has 26 heavy (non-hydrogen) atoms. The molecule has 1 aliphatic heterocycles. The summed E-state index contributed by atoms with van der Waals surface area (Å²) < 4.78 is 18.8. The normalized spacial score (nSPS) is 16.3. The molecule has 1 heterocycles. The number of ether oxygens (including phenoxy) is 1. The van der Waals surface area contributed by atoms with Crippen LogP contribution in [0.15, 0.2) is 48.5 Å². The van der Waals surface area contributed by atoms with Gasteiger partial charge in [0.25, 0.3) is 5.91 Å². The maximum absolute atomic E-state index is 13.1. The standard InChI is InChI=1S/C20H20FNO4/c1-20(2,26-15-9-7-14(21)8-10-15)19(25)22-12-13(11-18(23)24)16-5-3-4-6-17(16)22/h3-10,13H,11-12H2,1-2H3,(H,23,24). The van der Waals surface area contributed by atoms with E-state index >= 15 is 0 Å². The van der Waals surface area contributed by atoms with Crippen molar-refractivity contribution >= 4 is 17.6 Å². The van der Waals surface area contributed by atoms with E-state index in [1.54, 1.807) is 18.7 Å². The molecule has 1 amide bonds. The van der Waals surface area contributed by atoms with Crippen LogP contribution in [-0.4, -0.2) is 29.1 Å². The minimum absolute atomic E-state index is 0.0416. The van der Waals surface area contributed by atoms with Gasteiger partial charge in [-0.1, -0.05) is 18.2 Å². The minimum Gasteiger partial charge on any atom is -0.481 e. The summed E-state index contributed by atoms with van der Waals surface area (Å²) in [7, 11) is 0. The molecule has 0 saturated heterocycles. The molecular formula is C20H20FNO4. The number of carbonyl (C=O) groups is 2. The monoisotopic (exact) mass is 357 g/mol. The van der Waals surface area contributed by atoms with Crippen molar-refractivity contribution in [2.75, 3.05) is 11.4 Å². The Morgan fingerprint density at radius 3 is 2.50 bits per heavy atom. The van der Waals surface area contributed by atoms with E-state index in [-0.39, 0.29) is 24.1 Å². The van der Waals surface area contributed by atoms with E-state index in [2.05, 4.69) is 0 Å². The number of para-hydroxylation sites is 1. The van der Waals surface area contributed by atoms with Crippen LogP contribution in [0, 0.1) is 5.82 Å². The fourth-order valence-corrected chi connectivity index (χ4v) is 3.24. The van der Waals surface area contributed by atoms with Gasteiger partial charge in [-0.15, -0.1) is 0 Å². The number of aliphatic carboxylic acids is 1. The lowest BCUT2D eigenvalue weighted by Crippen LogP contribution is -2.48. The number of benzene rings is 2. The molecule has 0 radical (unpaired) electrons. The number of rotatable bonds is 5. The van der Waals surface area contributed by atoms with Gasteiger partial charge in [-0.05, 0) is 49.7 Å². The lowest BCUT2D eigenvalue weighted by Gasteiger charge is -2.30. The van der Waals surface area contributed by atoms with Crippen LogP contribution in [-0.2, 0) is 9.59 Å². The highest BCUT2D eigenvalue weighted by Crippen LogP contribution is 2.39. The maximum atomic E-state index is 13.1. The zero-order valence-electron chi connectivity index (χ0n) is 14.6. The van der Waals surface area contributed by atoms with Crippen LogP contribution in [0.3, 0.4) is 0 Å². The second-order valence-corrected chi connectivity index (χ2v) is 6.84. The van der Waals surface area contributed by atoms with Crippen molar-refractivity contribution in [3.63, 3.8) is 0 Å². The number of carboxylic acid groups (broad SMARTS) is 1. The van der Waals surface area contributed by atoms with Crippen LogP contribution in [0.2, 0.25) is 0 Å². The molecule has 0 spiro atoms. The molecule has 0 saturated carbocycles. The first kappa shape index (κ1) is 17.9. The predicted molar refractivity (Wildman–Crippen MR) is 94.9 cm³/mol. The molecule has 2 aromatic carbocycles. The fraction of sp³-hybridized carbons (Fsp3) is 0.300. The van der Waals surface area contributed by atoms with E-state index in [9.17, 15) is 14.0 Å². The molecule has 1 atom stereocenters. The van der Waals surface area contributed by atoms with Gasteiger partial charge in [0.05, 0.1) is 6.42 Å². The van der Waals surface area contributed by atoms with Crippen molar-refractivity contribution in [2.45, 2.75) is 31.8 Å². The Kier molecular flexibility index (Phi) is 4.68. The first-order valence-corrected chi connectivity index (χ1v) is 8.35. The van der Waals surface area contributed by atoms with E-state index in [0.717, 1.165) is 5.56 Å². The predicted octanol–water partition coefficient (Wildman–Crippen LogP) is 3.59. The highest BCUT2D eigenvalue weighted by Gasteiger charge is 2.41. The lowest BCUT2D eigenvalue weighted by atomic mass is 9.98. The van der Waals surface area contributed by atoms with Gasteiger partial charge in [-0.3, -0.25) is 9.59 Å². The molecule has 2 aromatic rings. The number of amides is 1. The van der Waals surface area contributed by atoms with Gasteiger partial charge in [0, 0.05) is 18.2 Å². The number of halogens is 1. The summed E-state index contributed by atoms with van der Waals surface area (Å²) in [5, 5.41) is 9.14. The van der Waals surface area contributed by atoms with Crippen molar-refractivity contribution < 1.29 is 23.8 Å². The Labute approximate surface area is 151 Å². The highest BCUT2D eigenvalue weighted by atomic mass is 19.1. The average molecular weight is 357 g/mol. The van der Waals surface area contributed by atoms with Crippen LogP contribution in [0.1, 0.15) is 31.7 Å². The Hall–Kier alpha value is -2.89. The average Bonchev–Trinajstić information content (AvgIpc) is 2.94. The molecule has 0 aliphatic carbocycles. The largest absolute Gasteiger partial charge is 0.481 e. The van der Waals surface area contributed by atoms with Gasteiger partial charge >= 0.3 is 5.97 Å². The highest BCUT2D eigenvalue weighted by molar-refractivity contribution is 6.01. The van der Waals surface area contributed by atoms with Crippen LogP contribution >= 0.6 is 0 Å². The summed E-state index contributed by atoms with van der Waals surface area (Å²) in [5.74, 6) is -1.43. The molecule has 0 aromatic heterocycles. The van der Waals surface area contributed by atoms with Crippen molar-refractivity contribution in [3.8, 4) is 5.75 Å². The quantitative estimate of drug-likeness (QED) is 0.888. The molecular weight excluding hydrogens is 337 g/mol. The molecule has 0 fully saturated rings. The summed E-state index contributed by atoms with van der Waals surface area (Å²) in [6, 6.07) is 12.8. The third-order valence-corrected chi connectivity index (χ3v) is 4.44. The number of fused-ring (bicyclic) bond motifs is 1. The number of hydrogen-bond acceptors (Lipinski definition) is 3. The SMILES string of the molecule is CC(C)(Oc1ccc(F)cc1)C(=O)N1CC(CC(=O)O)c2ccccc21. The van der Waals surface area contributed by atoms with Crippen molar-refractivity contribution in [3.05, 3.63) is 59.9 Å². The summed E-state index contributed by atoms with van der Waals surface area (Å²) in [6.07, 6.45) is -0.0416. The van der Waals surface area contributed by atoms with Gasteiger partial charge in [0.1, 0.15) is 11.6 Å². The number of nitrogens with zero attached hydrogens (tertiary/aromatic N) is 1. The Morgan fingerprint density at radius 2 is 1.85 bits per heavy atom. The molecule has 136 valence electrons. The molecule has 1 unspecified atom stereocenters. The fourth-order valence-electron chi connectivity index (χ4n) is 3.24. The Balaban J connectivity index is 1.84. The molecule has 6 heteroatoms. The van der Waals surface area contributed by atoms with Crippen molar-refractivity contribution in [2.24, 2.45) is 0 Å². The van der Waals surface area contributed by atoms with Crippen molar-refractivity contribution in [1.82, 2.24) is 0 Å². The molecule has 5 nitrogen and oxygen atoms in total. The van der Waals surface area contributed by atoms with E-state index in [4.69, 9.17) is 9.84 Å². The van der Waals surface area contributed by atoms with Crippen LogP contribution in [0.4, 0.5) is 10.1 Å². The van der Waals surface area contributed by atoms with Gasteiger partial charge in [0.2, 0.25) is 0 Å². The number of hydrogen-bond donors (Lipinski definition) is 1. The summed E-state index contributed by atoms with van der Waals surface area (Å²) >= 11 is 0. The van der Waals surface area contributed by atoms with E-state index in [0.29, 0.717) is 18.0 Å². The van der Waals surface area contributed by atoms with E-state index < -0.39 is 11.6 Å². The summed E-state index contributed by atoms with van der Waals surface area (Å²) in [5.41, 5.74) is 0.364. The molecule has 1 N–H and O–H groups in total. The topological polar surface area (TPSA) is 66.8 Å². The molecule has 0 bridgehead atoms. The number of carbonyl (C=O) groups excluding carboxylic acids is 1. The molecule has 3 rings (SSSR count). The lowest BCUT2D eigenvalue weighted by molar-refractivity contribution is -0.137. The van der Waals surface area contributed by atoms with Crippen LogP contribution < -0.4 is 9.64 Å². The Bertz CT molecular complexity index is 832. The zero-order chi connectivity index (χ0) is 18.9. The van der Waals surface area contributed by atoms with Crippen LogP contribution in [0.25, 0.3) is 0 Å². The van der Waals surface area contributed by atoms with Crippen LogP contribution in [0.5, 0.6) is 5.75 Å². The van der Waals surface area contributed by atoms with E-state index in [1.807, 2.05) is 24.3 Å². The summed E-state index contributed by atoms with van der Waals surface area (Å²) in [4.78, 5) is 25.8. The van der Waals surface area contributed by atoms with E-state index in [1.165, 1.54) is 24.3 Å². The van der Waals surface area contributed by atoms with Crippen molar-refractivity contribution in [1.29, 1.82) is 0 Å². The smallest absolute Gasteiger partial charge is 0.304 e. The third-order valence-electron chi connectivity index (χ3n) is 4.44. The van der Waals surface area contributed by atoms with Gasteiger partial charge in [-0.2, -0.15) is 0 Å². The maximum Gasteiger partial charge on any atom is 0.304 e. The third kappa shape index (κ3) is 3.54. The Morgan fingerprint density at radius 1 is 1.19 bits per heavy atom. The zero-order valence-corrected chi connectivity index (χ0v) is 14.6. The second kappa shape index (κ2) is 6.78. The van der Waals surface area contributed by atoms with Gasteiger partial charge in [0.15, 0.2) is 5.60 Å². The van der Waals surface area contributed by atoms with Gasteiger partial charge in [-0.25, -0.2) is 4.39 Å². The van der Waals surface area contributed by atoms with Gasteiger partial charge < -0.3 is 14.7 Å². The number of anilines is 1. The summed E-state index contributed by atoms with van der Waals surface area (Å²) in [6.45, 7) is 3.58. The first-order chi connectivity index (χ1) is 12.3. The minimum atomic E-state index is -1.19. The molecule has 1 aliphatic rings. The first-order valence-electron chi connectivity index (χ1n) is 8.35. The number of carboxylic acids is 1. The second-order valence-electron chi connectivity index (χ2n) is 6.84.